The van der Waals surface area contributed by atoms with Gasteiger partial charge in [-0.2, -0.15) is 0 Å². The smallest absolute Gasteiger partial charge is 0.323 e. The molecule has 42 heavy (non-hydrogen) atoms. The van der Waals surface area contributed by atoms with E-state index in [1.807, 2.05) is 24.3 Å². The maximum Gasteiger partial charge on any atom is 0.323 e. The molecule has 10 nitrogen and oxygen atoms in total. The third-order valence-corrected chi connectivity index (χ3v) is 9.02. The molecule has 0 bridgehead atoms. The lowest BCUT2D eigenvalue weighted by Crippen LogP contribution is -2.45. The highest BCUT2D eigenvalue weighted by atomic mass is 32.2. The third-order valence-electron chi connectivity index (χ3n) is 7.62. The second kappa shape index (κ2) is 13.5. The van der Waals surface area contributed by atoms with E-state index in [-0.39, 0.29) is 23.2 Å². The van der Waals surface area contributed by atoms with Crippen molar-refractivity contribution in [2.24, 2.45) is 0 Å². The minimum Gasteiger partial charge on any atom is -0.489 e. The van der Waals surface area contributed by atoms with Crippen LogP contribution in [0, 0.1) is 0 Å². The van der Waals surface area contributed by atoms with Crippen molar-refractivity contribution in [3.8, 4) is 5.75 Å². The maximum absolute atomic E-state index is 12.9. The Morgan fingerprint density at radius 2 is 1.76 bits per heavy atom. The highest BCUT2D eigenvalue weighted by Gasteiger charge is 2.21. The molecule has 0 aliphatic carbocycles. The molecular formula is C31H39N5O5S. The molecule has 0 amide bonds. The molecule has 1 aliphatic heterocycles. The van der Waals surface area contributed by atoms with E-state index in [9.17, 15) is 18.3 Å². The Hall–Kier alpha value is -3.80. The molecule has 1 unspecified atom stereocenters. The zero-order chi connectivity index (χ0) is 29.5. The van der Waals surface area contributed by atoms with Crippen molar-refractivity contribution in [2.75, 3.05) is 35.9 Å². The number of aryl methyl sites for hydroxylation is 1. The van der Waals surface area contributed by atoms with Crippen LogP contribution in [0.4, 0.5) is 11.4 Å². The molecule has 1 atom stereocenters. The largest absolute Gasteiger partial charge is 0.489 e. The Kier molecular flexibility index (Phi) is 9.51. The standard InChI is InChI=1S/C31H39N5O5S/c1-2-3-5-22-8-14-27(15-9-22)42(39,40)35-24-10-12-25(13-11-24)36-18-16-23(17-19-36)32-20-26(37)21-41-29-7-4-6-28-30(29)34-31(38)33-28/h4,6-15,23,26,32,35,37H,2-3,5,16-21H2,1H3,(H2,33,34,38). The van der Waals surface area contributed by atoms with Gasteiger partial charge in [0.1, 0.15) is 24.0 Å². The topological polar surface area (TPSA) is 140 Å². The van der Waals surface area contributed by atoms with Crippen LogP contribution in [-0.4, -0.2) is 61.9 Å². The number of unbranched alkanes of at least 4 members (excludes halogenated alkanes) is 1. The molecule has 3 aromatic carbocycles. The predicted molar refractivity (Wildman–Crippen MR) is 166 cm³/mol. The molecule has 1 fully saturated rings. The Labute approximate surface area is 246 Å². The molecule has 5 rings (SSSR count). The van der Waals surface area contributed by atoms with E-state index >= 15 is 0 Å². The molecule has 0 saturated carbocycles. The number of aliphatic hydroxyl groups excluding tert-OH is 1. The number of H-pyrrole nitrogens is 2. The quantitative estimate of drug-likeness (QED) is 0.158. The van der Waals surface area contributed by atoms with Gasteiger partial charge < -0.3 is 30.0 Å². The maximum atomic E-state index is 12.9. The average Bonchev–Trinajstić information content (AvgIpc) is 3.39. The first-order chi connectivity index (χ1) is 20.3. The summed E-state index contributed by atoms with van der Waals surface area (Å²) < 4.78 is 34.2. The molecule has 1 saturated heterocycles. The fourth-order valence-electron chi connectivity index (χ4n) is 5.21. The number of aromatic amines is 2. The van der Waals surface area contributed by atoms with Crippen molar-refractivity contribution in [1.82, 2.24) is 15.3 Å². The van der Waals surface area contributed by atoms with E-state index in [4.69, 9.17) is 4.74 Å². The summed E-state index contributed by atoms with van der Waals surface area (Å²) in [6, 6.07) is 20.2. The highest BCUT2D eigenvalue weighted by Crippen LogP contribution is 2.24. The van der Waals surface area contributed by atoms with Gasteiger partial charge in [0.15, 0.2) is 0 Å². The number of anilines is 2. The van der Waals surface area contributed by atoms with Crippen LogP contribution < -0.4 is 25.4 Å². The monoisotopic (exact) mass is 593 g/mol. The second-order valence-electron chi connectivity index (χ2n) is 10.8. The summed E-state index contributed by atoms with van der Waals surface area (Å²) in [6.45, 7) is 4.35. The number of benzene rings is 3. The van der Waals surface area contributed by atoms with Crippen LogP contribution in [0.25, 0.3) is 11.0 Å². The van der Waals surface area contributed by atoms with Gasteiger partial charge in [0.2, 0.25) is 0 Å². The molecular weight excluding hydrogens is 554 g/mol. The Morgan fingerprint density at radius 1 is 1.02 bits per heavy atom. The van der Waals surface area contributed by atoms with Gasteiger partial charge in [-0.05, 0) is 79.8 Å². The number of para-hydroxylation sites is 1. The molecule has 2 heterocycles. The van der Waals surface area contributed by atoms with Gasteiger partial charge in [0.05, 0.1) is 10.4 Å². The SMILES string of the molecule is CCCCc1ccc(S(=O)(=O)Nc2ccc(N3CCC(NCC(O)COc4cccc5[nH]c(=O)[nH]c45)CC3)cc2)cc1. The average molecular weight is 594 g/mol. The van der Waals surface area contributed by atoms with Crippen molar-refractivity contribution in [3.63, 3.8) is 0 Å². The van der Waals surface area contributed by atoms with Crippen molar-refractivity contribution in [2.45, 2.75) is 56.1 Å². The Bertz CT molecular complexity index is 1610. The summed E-state index contributed by atoms with van der Waals surface area (Å²) in [6.07, 6.45) is 4.28. The summed E-state index contributed by atoms with van der Waals surface area (Å²) in [5, 5.41) is 13.9. The van der Waals surface area contributed by atoms with Crippen LogP contribution >= 0.6 is 0 Å². The van der Waals surface area contributed by atoms with Crippen molar-refractivity contribution < 1.29 is 18.3 Å². The van der Waals surface area contributed by atoms with Crippen LogP contribution in [-0.2, 0) is 16.4 Å². The van der Waals surface area contributed by atoms with Gasteiger partial charge in [-0.15, -0.1) is 0 Å². The number of piperidine rings is 1. The number of hydrogen-bond donors (Lipinski definition) is 5. The van der Waals surface area contributed by atoms with Crippen LogP contribution in [0.1, 0.15) is 38.2 Å². The van der Waals surface area contributed by atoms with Gasteiger partial charge in [0, 0.05) is 37.1 Å². The number of rotatable bonds is 13. The Morgan fingerprint density at radius 3 is 2.48 bits per heavy atom. The summed E-state index contributed by atoms with van der Waals surface area (Å²) in [7, 11) is -3.65. The lowest BCUT2D eigenvalue weighted by molar-refractivity contribution is 0.103. The first-order valence-electron chi connectivity index (χ1n) is 14.5. The number of hydrogen-bond acceptors (Lipinski definition) is 7. The number of imidazole rings is 1. The predicted octanol–water partition coefficient (Wildman–Crippen LogP) is 4.00. The molecule has 4 aromatic rings. The van der Waals surface area contributed by atoms with Crippen molar-refractivity contribution in [3.05, 3.63) is 82.8 Å². The zero-order valence-corrected chi connectivity index (χ0v) is 24.6. The number of aliphatic hydroxyl groups is 1. The molecule has 0 radical (unpaired) electrons. The van der Waals surface area contributed by atoms with E-state index < -0.39 is 16.1 Å². The molecule has 5 N–H and O–H groups in total. The lowest BCUT2D eigenvalue weighted by atomic mass is 10.0. The van der Waals surface area contributed by atoms with E-state index in [1.165, 1.54) is 0 Å². The molecule has 1 aromatic heterocycles. The van der Waals surface area contributed by atoms with E-state index in [1.54, 1.807) is 42.5 Å². The minimum atomic E-state index is -3.65. The van der Waals surface area contributed by atoms with E-state index in [2.05, 4.69) is 31.8 Å². The van der Waals surface area contributed by atoms with Crippen LogP contribution in [0.2, 0.25) is 0 Å². The van der Waals surface area contributed by atoms with Gasteiger partial charge >= 0.3 is 5.69 Å². The van der Waals surface area contributed by atoms with Crippen LogP contribution in [0.15, 0.2) is 76.4 Å². The first-order valence-corrected chi connectivity index (χ1v) is 16.0. The van der Waals surface area contributed by atoms with Gasteiger partial charge in [0.25, 0.3) is 10.0 Å². The van der Waals surface area contributed by atoms with E-state index in [0.717, 1.165) is 56.4 Å². The number of fused-ring (bicyclic) bond motifs is 1. The van der Waals surface area contributed by atoms with Gasteiger partial charge in [-0.3, -0.25) is 4.72 Å². The lowest BCUT2D eigenvalue weighted by Gasteiger charge is -2.34. The van der Waals surface area contributed by atoms with Crippen molar-refractivity contribution >= 4 is 32.4 Å². The third kappa shape index (κ3) is 7.53. The normalized spacial score (nSPS) is 15.1. The fraction of sp³-hybridized carbons (Fsp3) is 0.387. The summed E-state index contributed by atoms with van der Waals surface area (Å²) in [5.74, 6) is 0.522. The number of aromatic nitrogens is 2. The molecule has 1 aliphatic rings. The number of nitrogens with zero attached hydrogens (tertiary/aromatic N) is 1. The fourth-order valence-corrected chi connectivity index (χ4v) is 6.27. The molecule has 11 heteroatoms. The number of sulfonamides is 1. The van der Waals surface area contributed by atoms with Gasteiger partial charge in [-0.25, -0.2) is 13.2 Å². The number of nitrogens with one attached hydrogen (secondary N) is 4. The van der Waals surface area contributed by atoms with Crippen LogP contribution in [0.3, 0.4) is 0 Å². The summed E-state index contributed by atoms with van der Waals surface area (Å²) >= 11 is 0. The highest BCUT2D eigenvalue weighted by molar-refractivity contribution is 7.92. The second-order valence-corrected chi connectivity index (χ2v) is 12.5. The summed E-state index contributed by atoms with van der Waals surface area (Å²) in [5.41, 5.74) is 3.67. The Balaban J connectivity index is 1.05. The van der Waals surface area contributed by atoms with Crippen LogP contribution in [0.5, 0.6) is 5.75 Å². The number of ether oxygens (including phenoxy) is 1. The molecule has 224 valence electrons. The van der Waals surface area contributed by atoms with Gasteiger partial charge in [-0.1, -0.05) is 31.5 Å². The first kappa shape index (κ1) is 29.7. The van der Waals surface area contributed by atoms with Crippen molar-refractivity contribution in [1.29, 1.82) is 0 Å². The summed E-state index contributed by atoms with van der Waals surface area (Å²) in [4.78, 5) is 19.5. The minimum absolute atomic E-state index is 0.110. The zero-order valence-electron chi connectivity index (χ0n) is 23.8. The molecule has 0 spiro atoms. The van der Waals surface area contributed by atoms with E-state index in [0.29, 0.717) is 29.0 Å².